The van der Waals surface area contributed by atoms with Crippen LogP contribution in [0.1, 0.15) is 25.3 Å². The van der Waals surface area contributed by atoms with Gasteiger partial charge in [-0.05, 0) is 67.1 Å². The lowest BCUT2D eigenvalue weighted by Gasteiger charge is -2.35. The van der Waals surface area contributed by atoms with Crippen LogP contribution in [-0.4, -0.2) is 76.7 Å². The van der Waals surface area contributed by atoms with Crippen LogP contribution in [0, 0.1) is 5.82 Å². The van der Waals surface area contributed by atoms with E-state index in [-0.39, 0.29) is 11.7 Å². The molecule has 0 saturated carbocycles. The Morgan fingerprint density at radius 1 is 0.973 bits per heavy atom. The van der Waals surface area contributed by atoms with Crippen LogP contribution in [-0.2, 0) is 4.79 Å². The summed E-state index contributed by atoms with van der Waals surface area (Å²) in [5.74, 6) is -0.444. The maximum Gasteiger partial charge on any atom is 0.286 e. The Hall–Kier alpha value is -3.30. The second kappa shape index (κ2) is 10.2. The highest BCUT2D eigenvalue weighted by atomic mass is 32.2. The van der Waals surface area contributed by atoms with Gasteiger partial charge in [0, 0.05) is 50.2 Å². The van der Waals surface area contributed by atoms with Gasteiger partial charge in [-0.25, -0.2) is 14.4 Å². The van der Waals surface area contributed by atoms with Gasteiger partial charge in [-0.3, -0.25) is 4.79 Å². The molecule has 6 rings (SSSR count). The maximum absolute atomic E-state index is 15.3. The molecule has 0 atom stereocenters. The van der Waals surface area contributed by atoms with E-state index in [9.17, 15) is 4.79 Å². The third-order valence-corrected chi connectivity index (χ3v) is 8.37. The van der Waals surface area contributed by atoms with Crippen molar-refractivity contribution in [1.82, 2.24) is 19.8 Å². The van der Waals surface area contributed by atoms with E-state index < -0.39 is 0 Å². The van der Waals surface area contributed by atoms with Gasteiger partial charge in [0.15, 0.2) is 5.17 Å². The molecule has 1 amide bonds. The Morgan fingerprint density at radius 3 is 2.54 bits per heavy atom. The molecule has 3 aromatic rings. The molecule has 37 heavy (non-hydrogen) atoms. The normalized spacial score (nSPS) is 19.9. The molecular weight excluding hydrogens is 487 g/mol. The zero-order valence-electron chi connectivity index (χ0n) is 20.9. The summed E-state index contributed by atoms with van der Waals surface area (Å²) in [6.07, 6.45) is 5.65. The molecule has 2 saturated heterocycles. The van der Waals surface area contributed by atoms with E-state index in [1.54, 1.807) is 6.07 Å². The number of fused-ring (bicyclic) bond motifs is 1. The first-order valence-corrected chi connectivity index (χ1v) is 13.7. The van der Waals surface area contributed by atoms with E-state index in [1.807, 2.05) is 36.4 Å². The van der Waals surface area contributed by atoms with Crippen LogP contribution >= 0.6 is 11.8 Å². The summed E-state index contributed by atoms with van der Waals surface area (Å²) in [4.78, 5) is 33.0. The zero-order valence-corrected chi connectivity index (χ0v) is 21.7. The van der Waals surface area contributed by atoms with Crippen LogP contribution in [0.25, 0.3) is 28.2 Å². The molecule has 3 aliphatic heterocycles. The van der Waals surface area contributed by atoms with Crippen LogP contribution in [0.3, 0.4) is 0 Å². The minimum Gasteiger partial charge on any atom is -0.367 e. The van der Waals surface area contributed by atoms with Gasteiger partial charge in [0.2, 0.25) is 0 Å². The van der Waals surface area contributed by atoms with Gasteiger partial charge in [0.05, 0.1) is 21.8 Å². The maximum atomic E-state index is 15.3. The fraction of sp³-hybridized carbons (Fsp3) is 0.357. The number of amides is 1. The summed E-state index contributed by atoms with van der Waals surface area (Å²) in [6, 6.07) is 11.2. The Balaban J connectivity index is 1.28. The van der Waals surface area contributed by atoms with E-state index in [0.717, 1.165) is 80.3 Å². The van der Waals surface area contributed by atoms with E-state index in [4.69, 9.17) is 0 Å². The van der Waals surface area contributed by atoms with Crippen molar-refractivity contribution in [2.75, 3.05) is 50.7 Å². The number of benzene rings is 2. The summed E-state index contributed by atoms with van der Waals surface area (Å²) in [5.41, 5.74) is 3.64. The molecular formula is C28H29FN6OS. The first-order valence-electron chi connectivity index (χ1n) is 12.9. The van der Waals surface area contributed by atoms with Gasteiger partial charge in [-0.15, -0.1) is 0 Å². The average Bonchev–Trinajstić information content (AvgIpc) is 3.59. The average molecular weight is 517 g/mol. The van der Waals surface area contributed by atoms with Gasteiger partial charge in [-0.2, -0.15) is 4.99 Å². The number of aromatic nitrogens is 2. The minimum absolute atomic E-state index is 0.200. The number of likely N-dealkylation sites (tertiary alicyclic amines) is 1. The highest BCUT2D eigenvalue weighted by Gasteiger charge is 2.27. The van der Waals surface area contributed by atoms with Gasteiger partial charge in [0.1, 0.15) is 12.1 Å². The number of thioether (sulfide) groups is 1. The lowest BCUT2D eigenvalue weighted by atomic mass is 10.0. The number of aliphatic imine (C=N–C) groups is 1. The van der Waals surface area contributed by atoms with Gasteiger partial charge in [0.25, 0.3) is 5.91 Å². The van der Waals surface area contributed by atoms with E-state index in [0.29, 0.717) is 21.8 Å². The van der Waals surface area contributed by atoms with E-state index in [2.05, 4.69) is 36.6 Å². The second-order valence-corrected chi connectivity index (χ2v) is 10.6. The fourth-order valence-corrected chi connectivity index (χ4v) is 6.17. The second-order valence-electron chi connectivity index (χ2n) is 9.59. The van der Waals surface area contributed by atoms with Crippen molar-refractivity contribution in [3.05, 3.63) is 59.0 Å². The van der Waals surface area contributed by atoms with Crippen LogP contribution in [0.4, 0.5) is 10.1 Å². The molecule has 2 fully saturated rings. The number of rotatable bonds is 4. The monoisotopic (exact) mass is 516 g/mol. The summed E-state index contributed by atoms with van der Waals surface area (Å²) in [7, 11) is 0. The van der Waals surface area contributed by atoms with Crippen molar-refractivity contribution < 1.29 is 9.18 Å². The Kier molecular flexibility index (Phi) is 6.65. The Labute approximate surface area is 220 Å². The standard InChI is InChI=1S/C28H29FN6OS/c1-2-33-11-13-34(14-12-33)24-8-6-20(17-22(24)29)26-21-15-19(5-7-23(21)30-18-31-26)16-25-27(36)32-28(37-25)35-9-3-4-10-35/h5-8,15-18H,2-4,9-14H2,1H3. The smallest absolute Gasteiger partial charge is 0.286 e. The quantitative estimate of drug-likeness (QED) is 0.468. The number of halogens is 1. The number of hydrogen-bond acceptors (Lipinski definition) is 7. The van der Waals surface area contributed by atoms with Gasteiger partial charge < -0.3 is 14.7 Å². The van der Waals surface area contributed by atoms with Crippen LogP contribution < -0.4 is 4.90 Å². The van der Waals surface area contributed by atoms with Crippen molar-refractivity contribution in [2.24, 2.45) is 4.99 Å². The van der Waals surface area contributed by atoms with Crippen molar-refractivity contribution >= 4 is 45.5 Å². The SMILES string of the molecule is CCN1CCN(c2ccc(-c3ncnc4ccc(C=C5SC(N6CCCC6)=NC5=O)cc34)cc2F)CC1. The molecule has 0 radical (unpaired) electrons. The highest BCUT2D eigenvalue weighted by molar-refractivity contribution is 8.18. The van der Waals surface area contributed by atoms with Crippen LogP contribution in [0.15, 0.2) is 52.6 Å². The third-order valence-electron chi connectivity index (χ3n) is 7.32. The predicted molar refractivity (Wildman–Crippen MR) is 148 cm³/mol. The summed E-state index contributed by atoms with van der Waals surface area (Å²) in [5, 5.41) is 1.61. The number of piperazine rings is 1. The Bertz CT molecular complexity index is 1410. The third kappa shape index (κ3) is 4.85. The molecule has 1 aromatic heterocycles. The number of hydrogen-bond donors (Lipinski definition) is 0. The lowest BCUT2D eigenvalue weighted by molar-refractivity contribution is -0.113. The van der Waals surface area contributed by atoms with Gasteiger partial charge in [-0.1, -0.05) is 19.1 Å². The molecule has 0 bridgehead atoms. The number of anilines is 1. The zero-order chi connectivity index (χ0) is 25.4. The summed E-state index contributed by atoms with van der Waals surface area (Å²) >= 11 is 1.43. The van der Waals surface area contributed by atoms with Crippen molar-refractivity contribution in [2.45, 2.75) is 19.8 Å². The van der Waals surface area contributed by atoms with Crippen LogP contribution in [0.5, 0.6) is 0 Å². The molecule has 0 N–H and O–H groups in total. The summed E-state index contributed by atoms with van der Waals surface area (Å²) in [6.45, 7) is 8.60. The molecule has 0 unspecified atom stereocenters. The molecule has 190 valence electrons. The molecule has 0 aliphatic carbocycles. The van der Waals surface area contributed by atoms with Crippen molar-refractivity contribution in [3.63, 3.8) is 0 Å². The number of carbonyl (C=O) groups excluding carboxylic acids is 1. The van der Waals surface area contributed by atoms with E-state index in [1.165, 1.54) is 18.1 Å². The molecule has 0 spiro atoms. The van der Waals surface area contributed by atoms with Gasteiger partial charge >= 0.3 is 0 Å². The summed E-state index contributed by atoms with van der Waals surface area (Å²) < 4.78 is 15.3. The van der Waals surface area contributed by atoms with E-state index >= 15 is 4.39 Å². The largest absolute Gasteiger partial charge is 0.367 e. The number of likely N-dealkylation sites (N-methyl/N-ethyl adjacent to an activating group) is 1. The fourth-order valence-electron chi connectivity index (χ4n) is 5.20. The topological polar surface area (TPSA) is 64.9 Å². The Morgan fingerprint density at radius 2 is 1.78 bits per heavy atom. The number of amidine groups is 1. The number of carbonyl (C=O) groups is 1. The number of nitrogens with zero attached hydrogens (tertiary/aromatic N) is 6. The molecule has 9 heteroatoms. The van der Waals surface area contributed by atoms with Crippen molar-refractivity contribution in [1.29, 1.82) is 0 Å². The predicted octanol–water partition coefficient (Wildman–Crippen LogP) is 4.64. The molecule has 3 aliphatic rings. The lowest BCUT2D eigenvalue weighted by Crippen LogP contribution is -2.46. The molecule has 2 aromatic carbocycles. The highest BCUT2D eigenvalue weighted by Crippen LogP contribution is 2.34. The molecule has 4 heterocycles. The first kappa shape index (κ1) is 24.1. The van der Waals surface area contributed by atoms with Crippen molar-refractivity contribution in [3.8, 4) is 11.3 Å². The van der Waals surface area contributed by atoms with Crippen LogP contribution in [0.2, 0.25) is 0 Å². The first-order chi connectivity index (χ1) is 18.1. The molecule has 7 nitrogen and oxygen atoms in total. The minimum atomic E-state index is -0.243.